The minimum absolute atomic E-state index is 0.0133. The maximum atomic E-state index is 12.8. The van der Waals surface area contributed by atoms with Crippen LogP contribution in [0.3, 0.4) is 0 Å². The monoisotopic (exact) mass is 206 g/mol. The van der Waals surface area contributed by atoms with Crippen LogP contribution in [0, 0.1) is 12.7 Å². The van der Waals surface area contributed by atoms with Crippen molar-refractivity contribution in [2.75, 3.05) is 0 Å². The molecule has 1 aromatic rings. The standard InChI is InChI=1S/C13H15FO/c1-4-9(2)7-13(15)12-6-5-11(14)8-10(12)3/h5-6,8H,2,4,7H2,1,3H3. The summed E-state index contributed by atoms with van der Waals surface area (Å²) in [6.45, 7) is 7.50. The van der Waals surface area contributed by atoms with Crippen molar-refractivity contribution in [3.05, 3.63) is 47.3 Å². The van der Waals surface area contributed by atoms with Gasteiger partial charge in [0, 0.05) is 12.0 Å². The van der Waals surface area contributed by atoms with E-state index in [2.05, 4.69) is 6.58 Å². The number of halogens is 1. The van der Waals surface area contributed by atoms with Crippen molar-refractivity contribution in [1.82, 2.24) is 0 Å². The van der Waals surface area contributed by atoms with Gasteiger partial charge in [-0.1, -0.05) is 19.1 Å². The Balaban J connectivity index is 2.87. The van der Waals surface area contributed by atoms with Crippen LogP contribution >= 0.6 is 0 Å². The highest BCUT2D eigenvalue weighted by atomic mass is 19.1. The summed E-state index contributed by atoms with van der Waals surface area (Å²) in [5, 5.41) is 0. The zero-order chi connectivity index (χ0) is 11.4. The van der Waals surface area contributed by atoms with Gasteiger partial charge in [0.15, 0.2) is 5.78 Å². The molecule has 0 saturated heterocycles. The molecular formula is C13H15FO. The topological polar surface area (TPSA) is 17.1 Å². The van der Waals surface area contributed by atoms with Crippen molar-refractivity contribution in [1.29, 1.82) is 0 Å². The normalized spacial score (nSPS) is 10.1. The van der Waals surface area contributed by atoms with E-state index in [1.54, 1.807) is 6.92 Å². The zero-order valence-corrected chi connectivity index (χ0v) is 9.14. The van der Waals surface area contributed by atoms with E-state index in [-0.39, 0.29) is 11.6 Å². The molecule has 1 rings (SSSR count). The Kier molecular flexibility index (Phi) is 3.78. The molecule has 0 spiro atoms. The van der Waals surface area contributed by atoms with E-state index in [0.717, 1.165) is 12.0 Å². The Morgan fingerprint density at radius 2 is 2.13 bits per heavy atom. The summed E-state index contributed by atoms with van der Waals surface area (Å²) in [6, 6.07) is 4.23. The van der Waals surface area contributed by atoms with Gasteiger partial charge in [0.2, 0.25) is 0 Å². The van der Waals surface area contributed by atoms with Gasteiger partial charge in [-0.3, -0.25) is 4.79 Å². The van der Waals surface area contributed by atoms with Crippen LogP contribution in [0.1, 0.15) is 35.7 Å². The van der Waals surface area contributed by atoms with E-state index >= 15 is 0 Å². The van der Waals surface area contributed by atoms with Crippen LogP contribution in [0.4, 0.5) is 4.39 Å². The van der Waals surface area contributed by atoms with Crippen LogP contribution in [0.15, 0.2) is 30.4 Å². The summed E-state index contributed by atoms with van der Waals surface area (Å²) >= 11 is 0. The number of carbonyl (C=O) groups excluding carboxylic acids is 1. The highest BCUT2D eigenvalue weighted by molar-refractivity contribution is 5.98. The van der Waals surface area contributed by atoms with Crippen molar-refractivity contribution < 1.29 is 9.18 Å². The van der Waals surface area contributed by atoms with Crippen LogP contribution in [0.5, 0.6) is 0 Å². The van der Waals surface area contributed by atoms with Gasteiger partial charge in [-0.25, -0.2) is 4.39 Å². The molecule has 0 saturated carbocycles. The van der Waals surface area contributed by atoms with E-state index in [0.29, 0.717) is 17.5 Å². The average molecular weight is 206 g/mol. The smallest absolute Gasteiger partial charge is 0.167 e. The molecule has 0 N–H and O–H groups in total. The molecule has 0 bridgehead atoms. The summed E-state index contributed by atoms with van der Waals surface area (Å²) in [6.07, 6.45) is 1.15. The zero-order valence-electron chi connectivity index (χ0n) is 9.14. The lowest BCUT2D eigenvalue weighted by atomic mass is 9.99. The molecule has 1 aromatic carbocycles. The number of carbonyl (C=O) groups is 1. The van der Waals surface area contributed by atoms with Crippen LogP contribution in [0.2, 0.25) is 0 Å². The molecule has 0 aromatic heterocycles. The lowest BCUT2D eigenvalue weighted by Gasteiger charge is -2.05. The Hall–Kier alpha value is -1.44. The number of hydrogen-bond acceptors (Lipinski definition) is 1. The largest absolute Gasteiger partial charge is 0.294 e. The van der Waals surface area contributed by atoms with Crippen molar-refractivity contribution >= 4 is 5.78 Å². The number of ketones is 1. The van der Waals surface area contributed by atoms with Crippen molar-refractivity contribution in [2.24, 2.45) is 0 Å². The van der Waals surface area contributed by atoms with Gasteiger partial charge in [-0.05, 0) is 37.1 Å². The molecule has 80 valence electrons. The molecule has 0 aliphatic rings. The van der Waals surface area contributed by atoms with E-state index in [9.17, 15) is 9.18 Å². The minimum Gasteiger partial charge on any atom is -0.294 e. The molecule has 0 amide bonds. The molecule has 2 heteroatoms. The van der Waals surface area contributed by atoms with Gasteiger partial charge in [-0.15, -0.1) is 0 Å². The third-order valence-corrected chi connectivity index (χ3v) is 2.40. The third-order valence-electron chi connectivity index (χ3n) is 2.40. The maximum absolute atomic E-state index is 12.8. The molecule has 0 aliphatic carbocycles. The summed E-state index contributed by atoms with van der Waals surface area (Å²) in [7, 11) is 0. The third kappa shape index (κ3) is 3.01. The molecule has 15 heavy (non-hydrogen) atoms. The predicted octanol–water partition coefficient (Wildman–Crippen LogP) is 3.67. The van der Waals surface area contributed by atoms with Crippen LogP contribution < -0.4 is 0 Å². The minimum atomic E-state index is -0.307. The lowest BCUT2D eigenvalue weighted by Crippen LogP contribution is -2.03. The van der Waals surface area contributed by atoms with Gasteiger partial charge >= 0.3 is 0 Å². The predicted molar refractivity (Wildman–Crippen MR) is 59.5 cm³/mol. The Bertz CT molecular complexity index is 394. The van der Waals surface area contributed by atoms with Crippen molar-refractivity contribution in [3.8, 4) is 0 Å². The second kappa shape index (κ2) is 4.87. The van der Waals surface area contributed by atoms with E-state index < -0.39 is 0 Å². The van der Waals surface area contributed by atoms with Crippen LogP contribution in [0.25, 0.3) is 0 Å². The van der Waals surface area contributed by atoms with Crippen LogP contribution in [-0.4, -0.2) is 5.78 Å². The second-order valence-electron chi connectivity index (χ2n) is 3.66. The number of benzene rings is 1. The van der Waals surface area contributed by atoms with Gasteiger partial charge in [0.1, 0.15) is 5.82 Å². The summed E-state index contributed by atoms with van der Waals surface area (Å²) < 4.78 is 12.8. The molecule has 1 nitrogen and oxygen atoms in total. The number of aryl methyl sites for hydroxylation is 1. The lowest BCUT2D eigenvalue weighted by molar-refractivity contribution is 0.0991. The first-order valence-corrected chi connectivity index (χ1v) is 5.00. The molecule has 0 atom stereocenters. The molecule has 0 radical (unpaired) electrons. The Morgan fingerprint density at radius 1 is 1.47 bits per heavy atom. The second-order valence-corrected chi connectivity index (χ2v) is 3.66. The molecular weight excluding hydrogens is 191 g/mol. The number of Topliss-reactive ketones (excluding diaryl/α,β-unsaturated/α-hetero) is 1. The molecule has 0 fully saturated rings. The summed E-state index contributed by atoms with van der Waals surface area (Å²) in [5.74, 6) is -0.294. The number of hydrogen-bond donors (Lipinski definition) is 0. The fraction of sp³-hybridized carbons (Fsp3) is 0.308. The number of allylic oxidation sites excluding steroid dienone is 1. The fourth-order valence-electron chi connectivity index (χ4n) is 1.39. The van der Waals surface area contributed by atoms with Gasteiger partial charge < -0.3 is 0 Å². The summed E-state index contributed by atoms with van der Waals surface area (Å²) in [5.41, 5.74) is 2.18. The molecule has 0 aliphatic heterocycles. The SMILES string of the molecule is C=C(CC)CC(=O)c1ccc(F)cc1C. The van der Waals surface area contributed by atoms with Crippen molar-refractivity contribution in [2.45, 2.75) is 26.7 Å². The van der Waals surface area contributed by atoms with E-state index in [4.69, 9.17) is 0 Å². The van der Waals surface area contributed by atoms with Gasteiger partial charge in [-0.2, -0.15) is 0 Å². The Morgan fingerprint density at radius 3 is 2.67 bits per heavy atom. The summed E-state index contributed by atoms with van der Waals surface area (Å²) in [4.78, 5) is 11.8. The van der Waals surface area contributed by atoms with Crippen LogP contribution in [-0.2, 0) is 0 Å². The quantitative estimate of drug-likeness (QED) is 0.542. The van der Waals surface area contributed by atoms with Gasteiger partial charge in [0.05, 0.1) is 0 Å². The van der Waals surface area contributed by atoms with Crippen molar-refractivity contribution in [3.63, 3.8) is 0 Å². The number of rotatable bonds is 4. The van der Waals surface area contributed by atoms with E-state index in [1.165, 1.54) is 18.2 Å². The maximum Gasteiger partial charge on any atom is 0.167 e. The first kappa shape index (κ1) is 11.6. The Labute approximate surface area is 89.6 Å². The fourth-order valence-corrected chi connectivity index (χ4v) is 1.39. The first-order valence-electron chi connectivity index (χ1n) is 5.00. The molecule has 0 heterocycles. The van der Waals surface area contributed by atoms with E-state index in [1.807, 2.05) is 6.92 Å². The highest BCUT2D eigenvalue weighted by Gasteiger charge is 2.10. The first-order chi connectivity index (χ1) is 7.04. The average Bonchev–Trinajstić information content (AvgIpc) is 2.17. The molecule has 0 unspecified atom stereocenters. The van der Waals surface area contributed by atoms with Gasteiger partial charge in [0.25, 0.3) is 0 Å². The highest BCUT2D eigenvalue weighted by Crippen LogP contribution is 2.15.